The smallest absolute Gasteiger partial charge is 0.545 e. The number of phenols is 2. The molecule has 7 heteroatoms. The summed E-state index contributed by atoms with van der Waals surface area (Å²) >= 11 is 0. The first-order chi connectivity index (χ1) is 23.6. The second-order valence-electron chi connectivity index (χ2n) is 15.9. The van der Waals surface area contributed by atoms with E-state index in [1.165, 1.54) is 89.2 Å². The summed E-state index contributed by atoms with van der Waals surface area (Å²) in [6.07, 6.45) is 21.2. The van der Waals surface area contributed by atoms with Crippen molar-refractivity contribution in [2.75, 3.05) is 0 Å². The van der Waals surface area contributed by atoms with E-state index in [0.29, 0.717) is 0 Å². The number of hydrogen-bond acceptors (Lipinski definition) is 6. The number of aromatic hydroxyl groups is 2. The van der Waals surface area contributed by atoms with Crippen LogP contribution in [0.1, 0.15) is 213 Å². The number of carboxylic acid groups (broad SMARTS) is 2. The van der Waals surface area contributed by atoms with Gasteiger partial charge in [0.05, 0.1) is 11.9 Å². The normalized spacial score (nSPS) is 11.2. The molecule has 0 aromatic heterocycles. The molecule has 2 N–H and O–H groups in total. The Kier molecular flexibility index (Phi) is 26.0. The van der Waals surface area contributed by atoms with E-state index in [1.807, 2.05) is 39.8 Å². The van der Waals surface area contributed by atoms with E-state index in [2.05, 4.69) is 27.7 Å². The predicted octanol–water partition coefficient (Wildman–Crippen LogP) is 10.4. The van der Waals surface area contributed by atoms with Gasteiger partial charge >= 0.3 is 19.5 Å². The number of benzene rings is 2. The molecule has 0 atom stereocenters. The van der Waals surface area contributed by atoms with E-state index in [1.54, 1.807) is 0 Å². The van der Waals surface area contributed by atoms with Crippen LogP contribution in [0.15, 0.2) is 24.3 Å². The molecule has 0 aliphatic rings. The molecule has 2 aromatic rings. The number of carboxylic acids is 2. The topological polar surface area (TPSA) is 121 Å². The van der Waals surface area contributed by atoms with Crippen molar-refractivity contribution in [3.05, 3.63) is 57.6 Å². The Morgan fingerprint density at radius 1 is 0.490 bits per heavy atom. The van der Waals surface area contributed by atoms with Gasteiger partial charge in [0.2, 0.25) is 0 Å². The van der Waals surface area contributed by atoms with Gasteiger partial charge in [0.1, 0.15) is 11.5 Å². The number of hydrogen-bond donors (Lipinski definition) is 2. The van der Waals surface area contributed by atoms with Crippen molar-refractivity contribution in [2.24, 2.45) is 11.8 Å². The fraction of sp³-hybridized carbons (Fsp3) is 0.682. The Morgan fingerprint density at radius 3 is 1.02 bits per heavy atom. The quantitative estimate of drug-likeness (QED) is 0.0812. The largest absolute Gasteiger partial charge is 2.00 e. The first kappa shape index (κ1) is 48.6. The van der Waals surface area contributed by atoms with Crippen molar-refractivity contribution in [3.8, 4) is 11.5 Å². The van der Waals surface area contributed by atoms with E-state index < -0.39 is 11.9 Å². The molecule has 0 radical (unpaired) electrons. The molecule has 0 bridgehead atoms. The van der Waals surface area contributed by atoms with Crippen LogP contribution in [0.4, 0.5) is 0 Å². The van der Waals surface area contributed by atoms with Crippen molar-refractivity contribution < 1.29 is 49.5 Å². The van der Waals surface area contributed by atoms with Crippen molar-refractivity contribution in [1.82, 2.24) is 0 Å². The molecule has 0 heterocycles. The zero-order valence-corrected chi connectivity index (χ0v) is 36.5. The summed E-state index contributed by atoms with van der Waals surface area (Å²) in [6, 6.07) is 6.96. The Hall–Kier alpha value is -2.40. The van der Waals surface area contributed by atoms with Crippen LogP contribution in [0.3, 0.4) is 0 Å². The maximum atomic E-state index is 11.2. The van der Waals surface area contributed by atoms with Crippen LogP contribution in [-0.4, -0.2) is 22.2 Å². The number of carbonyl (C=O) groups excluding carboxylic acids is 2. The molecule has 0 unspecified atom stereocenters. The van der Waals surface area contributed by atoms with Gasteiger partial charge in [-0.3, -0.25) is 0 Å². The van der Waals surface area contributed by atoms with Crippen molar-refractivity contribution >= 4 is 11.9 Å². The molecular weight excluding hydrogens is 690 g/mol. The summed E-state index contributed by atoms with van der Waals surface area (Å²) in [6.45, 7) is 17.2. The average molecular weight is 760 g/mol. The van der Waals surface area contributed by atoms with Crippen LogP contribution in [0.25, 0.3) is 0 Å². The maximum absolute atomic E-state index is 11.2. The van der Waals surface area contributed by atoms with Crippen molar-refractivity contribution in [1.29, 1.82) is 0 Å². The molecule has 0 aliphatic carbocycles. The number of carbonyl (C=O) groups is 2. The molecule has 0 spiro atoms. The van der Waals surface area contributed by atoms with Crippen LogP contribution in [0.5, 0.6) is 11.5 Å². The van der Waals surface area contributed by atoms with Gasteiger partial charge in [-0.1, -0.05) is 157 Å². The molecule has 6 nitrogen and oxygen atoms in total. The summed E-state index contributed by atoms with van der Waals surface area (Å²) in [4.78, 5) is 22.4. The summed E-state index contributed by atoms with van der Waals surface area (Å²) in [5.74, 6) is -0.770. The third-order valence-corrected chi connectivity index (χ3v) is 9.65. The fourth-order valence-electron chi connectivity index (χ4n) is 6.30. The third kappa shape index (κ3) is 20.4. The molecule has 51 heavy (non-hydrogen) atoms. The predicted molar refractivity (Wildman–Crippen MR) is 204 cm³/mol. The van der Waals surface area contributed by atoms with Gasteiger partial charge < -0.3 is 30.0 Å². The zero-order chi connectivity index (χ0) is 37.6. The fourth-order valence-corrected chi connectivity index (χ4v) is 6.30. The van der Waals surface area contributed by atoms with Gasteiger partial charge in [-0.25, -0.2) is 0 Å². The third-order valence-electron chi connectivity index (χ3n) is 9.65. The molecular formula is C44H70O6Zn. The van der Waals surface area contributed by atoms with Crippen molar-refractivity contribution in [2.45, 2.75) is 183 Å². The molecule has 2 aromatic carbocycles. The van der Waals surface area contributed by atoms with E-state index in [9.17, 15) is 30.0 Å². The monoisotopic (exact) mass is 758 g/mol. The maximum Gasteiger partial charge on any atom is 2.00 e. The summed E-state index contributed by atoms with van der Waals surface area (Å²) < 4.78 is 0. The second-order valence-corrected chi connectivity index (χ2v) is 15.9. The van der Waals surface area contributed by atoms with Crippen molar-refractivity contribution in [3.63, 3.8) is 0 Å². The summed E-state index contributed by atoms with van der Waals surface area (Å²) in [5.41, 5.74) is 3.21. The molecule has 0 saturated carbocycles. The minimum Gasteiger partial charge on any atom is -0.545 e. The van der Waals surface area contributed by atoms with Crippen LogP contribution in [0, 0.1) is 11.8 Å². The first-order valence-corrected chi connectivity index (χ1v) is 19.8. The van der Waals surface area contributed by atoms with Crippen LogP contribution < -0.4 is 10.2 Å². The summed E-state index contributed by atoms with van der Waals surface area (Å²) in [5, 5.41) is 42.8. The number of rotatable bonds is 24. The minimum atomic E-state index is -1.30. The zero-order valence-electron chi connectivity index (χ0n) is 33.6. The number of aryl methyl sites for hydroxylation is 2. The average Bonchev–Trinajstić information content (AvgIpc) is 3.03. The Bertz CT molecular complexity index is 1170. The molecule has 2 rings (SSSR count). The van der Waals surface area contributed by atoms with E-state index in [4.69, 9.17) is 0 Å². The number of unbranched alkanes of at least 4 members (excludes halogenated alkanes) is 12. The van der Waals surface area contributed by atoms with E-state index in [0.717, 1.165) is 72.6 Å². The molecule has 0 aliphatic heterocycles. The summed E-state index contributed by atoms with van der Waals surface area (Å²) in [7, 11) is 0. The van der Waals surface area contributed by atoms with Crippen LogP contribution in [0.2, 0.25) is 0 Å². The first-order valence-electron chi connectivity index (χ1n) is 19.8. The van der Waals surface area contributed by atoms with Gasteiger partial charge in [-0.05, 0) is 83.7 Å². The van der Waals surface area contributed by atoms with Gasteiger partial charge in [-0.2, -0.15) is 0 Å². The molecule has 0 fully saturated rings. The van der Waals surface area contributed by atoms with E-state index in [-0.39, 0.29) is 53.9 Å². The van der Waals surface area contributed by atoms with Gasteiger partial charge in [0.15, 0.2) is 0 Å². The van der Waals surface area contributed by atoms with Gasteiger partial charge in [0.25, 0.3) is 0 Å². The van der Waals surface area contributed by atoms with Crippen LogP contribution in [-0.2, 0) is 32.3 Å². The Morgan fingerprint density at radius 2 is 0.765 bits per heavy atom. The Balaban J connectivity index is 0.000000962. The SMILES string of the molecule is CC(C)CCCCCCCCCc1cc(C(C)C)cc(C(=O)[O-])c1O.CC(C)CCCCCCCCCc1cc(C(C)C)cc(C(=O)[O-])c1O.[Zn+2]. The second kappa shape index (κ2) is 27.2. The Labute approximate surface area is 324 Å². The minimum absolute atomic E-state index is 0. The van der Waals surface area contributed by atoms with Gasteiger partial charge in [0, 0.05) is 11.1 Å². The molecule has 0 amide bonds. The molecule has 0 saturated heterocycles. The van der Waals surface area contributed by atoms with E-state index >= 15 is 0 Å². The number of aromatic carboxylic acids is 2. The molecule has 284 valence electrons. The van der Waals surface area contributed by atoms with Gasteiger partial charge in [-0.15, -0.1) is 0 Å². The van der Waals surface area contributed by atoms with Crippen LogP contribution >= 0.6 is 0 Å². The standard InChI is InChI=1S/2C22H36O3.Zn/c2*1-16(2)12-10-8-6-5-7-9-11-13-18-14-19(17(3)4)15-20(21(18)23)22(24)25;/h2*14-17,23H,5-13H2,1-4H3,(H,24,25);/q;;+2/p-2.